The van der Waals surface area contributed by atoms with Crippen LogP contribution in [0.3, 0.4) is 0 Å². The van der Waals surface area contributed by atoms with E-state index in [-0.39, 0.29) is 11.8 Å². The van der Waals surface area contributed by atoms with Crippen LogP contribution in [0.25, 0.3) is 10.4 Å². The minimum atomic E-state index is -0.0749. The molecule has 1 aromatic carbocycles. The molecule has 2 aromatic rings. The van der Waals surface area contributed by atoms with Gasteiger partial charge < -0.3 is 10.6 Å². The molecule has 0 aliphatic heterocycles. The number of amides is 1. The van der Waals surface area contributed by atoms with E-state index < -0.39 is 0 Å². The van der Waals surface area contributed by atoms with Gasteiger partial charge in [0.05, 0.1) is 4.88 Å². The standard InChI is InChI=1S/C14H17N3OS/c1-10(8-15-2)13(18)17-14-16-9-12(19-14)11-6-4-3-5-7-11/h3-7,9-10,15H,8H2,1-2H3,(H,16,17,18). The monoisotopic (exact) mass is 275 g/mol. The molecule has 0 spiro atoms. The van der Waals surface area contributed by atoms with Crippen molar-refractivity contribution in [2.75, 3.05) is 18.9 Å². The van der Waals surface area contributed by atoms with E-state index in [0.717, 1.165) is 10.4 Å². The highest BCUT2D eigenvalue weighted by molar-refractivity contribution is 7.19. The number of anilines is 1. The number of carbonyl (C=O) groups excluding carboxylic acids is 1. The molecule has 1 unspecified atom stereocenters. The number of nitrogens with zero attached hydrogens (tertiary/aromatic N) is 1. The fourth-order valence-corrected chi connectivity index (χ4v) is 2.52. The molecule has 19 heavy (non-hydrogen) atoms. The largest absolute Gasteiger partial charge is 0.319 e. The molecule has 100 valence electrons. The van der Waals surface area contributed by atoms with E-state index in [0.29, 0.717) is 11.7 Å². The first-order chi connectivity index (χ1) is 9.20. The smallest absolute Gasteiger partial charge is 0.230 e. The molecule has 0 saturated carbocycles. The van der Waals surface area contributed by atoms with Crippen molar-refractivity contribution in [2.45, 2.75) is 6.92 Å². The van der Waals surface area contributed by atoms with Crippen molar-refractivity contribution in [1.82, 2.24) is 10.3 Å². The van der Waals surface area contributed by atoms with Gasteiger partial charge in [-0.3, -0.25) is 4.79 Å². The molecule has 0 radical (unpaired) electrons. The van der Waals surface area contributed by atoms with E-state index in [4.69, 9.17) is 0 Å². The van der Waals surface area contributed by atoms with Gasteiger partial charge in [0, 0.05) is 18.7 Å². The lowest BCUT2D eigenvalue weighted by Crippen LogP contribution is -2.28. The number of rotatable bonds is 5. The van der Waals surface area contributed by atoms with Gasteiger partial charge in [0.1, 0.15) is 0 Å². The van der Waals surface area contributed by atoms with E-state index in [2.05, 4.69) is 15.6 Å². The fourth-order valence-electron chi connectivity index (χ4n) is 1.70. The van der Waals surface area contributed by atoms with Crippen molar-refractivity contribution in [3.63, 3.8) is 0 Å². The van der Waals surface area contributed by atoms with Crippen LogP contribution in [0.1, 0.15) is 6.92 Å². The molecule has 4 nitrogen and oxygen atoms in total. The number of carbonyl (C=O) groups is 1. The Morgan fingerprint density at radius 3 is 2.79 bits per heavy atom. The Bertz CT molecular complexity index is 539. The first-order valence-corrected chi connectivity index (χ1v) is 6.99. The lowest BCUT2D eigenvalue weighted by Gasteiger charge is -2.09. The zero-order chi connectivity index (χ0) is 13.7. The summed E-state index contributed by atoms with van der Waals surface area (Å²) >= 11 is 1.49. The Hall–Kier alpha value is -1.72. The second-order valence-electron chi connectivity index (χ2n) is 4.34. The summed E-state index contributed by atoms with van der Waals surface area (Å²) in [6, 6.07) is 10.0. The van der Waals surface area contributed by atoms with E-state index in [9.17, 15) is 4.79 Å². The van der Waals surface area contributed by atoms with Gasteiger partial charge >= 0.3 is 0 Å². The summed E-state index contributed by atoms with van der Waals surface area (Å²) in [6.07, 6.45) is 1.79. The third kappa shape index (κ3) is 3.62. The first kappa shape index (κ1) is 13.7. The molecular formula is C14H17N3OS. The predicted molar refractivity (Wildman–Crippen MR) is 79.3 cm³/mol. The minimum Gasteiger partial charge on any atom is -0.319 e. The van der Waals surface area contributed by atoms with E-state index in [1.807, 2.05) is 44.3 Å². The molecule has 0 saturated heterocycles. The van der Waals surface area contributed by atoms with Gasteiger partial charge in [-0.05, 0) is 12.6 Å². The zero-order valence-electron chi connectivity index (χ0n) is 11.0. The van der Waals surface area contributed by atoms with Crippen LogP contribution < -0.4 is 10.6 Å². The molecule has 0 fully saturated rings. The second-order valence-corrected chi connectivity index (χ2v) is 5.37. The summed E-state index contributed by atoms with van der Waals surface area (Å²) in [5.74, 6) is -0.0858. The lowest BCUT2D eigenvalue weighted by molar-refractivity contribution is -0.119. The summed E-state index contributed by atoms with van der Waals surface area (Å²) in [5.41, 5.74) is 1.11. The van der Waals surface area contributed by atoms with Crippen LogP contribution in [0.4, 0.5) is 5.13 Å². The Morgan fingerprint density at radius 2 is 2.11 bits per heavy atom. The Labute approximate surface area is 116 Å². The number of thiazole rings is 1. The van der Waals surface area contributed by atoms with Gasteiger partial charge in [0.2, 0.25) is 5.91 Å². The summed E-state index contributed by atoms with van der Waals surface area (Å²) in [7, 11) is 1.83. The number of nitrogens with one attached hydrogen (secondary N) is 2. The van der Waals surface area contributed by atoms with Crippen LogP contribution in [0.2, 0.25) is 0 Å². The summed E-state index contributed by atoms with van der Waals surface area (Å²) in [6.45, 7) is 2.54. The Kier molecular flexibility index (Phi) is 4.65. The van der Waals surface area contributed by atoms with Gasteiger partial charge in [0.25, 0.3) is 0 Å². The number of benzene rings is 1. The second kappa shape index (κ2) is 6.45. The first-order valence-electron chi connectivity index (χ1n) is 6.17. The molecule has 1 atom stereocenters. The molecule has 1 amide bonds. The molecular weight excluding hydrogens is 258 g/mol. The SMILES string of the molecule is CNCC(C)C(=O)Nc1ncc(-c2ccccc2)s1. The normalized spacial score (nSPS) is 12.1. The van der Waals surface area contributed by atoms with Gasteiger partial charge in [-0.25, -0.2) is 4.98 Å². The van der Waals surface area contributed by atoms with Crippen molar-refractivity contribution >= 4 is 22.4 Å². The molecule has 0 aliphatic rings. The molecule has 2 rings (SSSR count). The van der Waals surface area contributed by atoms with Crippen LogP contribution in [0, 0.1) is 5.92 Å². The van der Waals surface area contributed by atoms with Crippen LogP contribution in [-0.2, 0) is 4.79 Å². The zero-order valence-corrected chi connectivity index (χ0v) is 11.8. The van der Waals surface area contributed by atoms with Crippen LogP contribution in [-0.4, -0.2) is 24.5 Å². The maximum atomic E-state index is 11.9. The van der Waals surface area contributed by atoms with E-state index >= 15 is 0 Å². The molecule has 0 aliphatic carbocycles. The van der Waals surface area contributed by atoms with Gasteiger partial charge in [-0.1, -0.05) is 48.6 Å². The molecule has 1 heterocycles. The van der Waals surface area contributed by atoms with Crippen molar-refractivity contribution in [3.05, 3.63) is 36.5 Å². The number of hydrogen-bond acceptors (Lipinski definition) is 4. The number of aromatic nitrogens is 1. The maximum Gasteiger partial charge on any atom is 0.230 e. The molecule has 2 N–H and O–H groups in total. The molecule has 5 heteroatoms. The summed E-state index contributed by atoms with van der Waals surface area (Å²) < 4.78 is 0. The third-order valence-corrected chi connectivity index (χ3v) is 3.71. The predicted octanol–water partition coefficient (Wildman–Crippen LogP) is 2.60. The molecule has 0 bridgehead atoms. The van der Waals surface area contributed by atoms with Crippen LogP contribution in [0.15, 0.2) is 36.5 Å². The minimum absolute atomic E-state index is 0.0108. The fraction of sp³-hybridized carbons (Fsp3) is 0.286. The highest BCUT2D eigenvalue weighted by atomic mass is 32.1. The van der Waals surface area contributed by atoms with Crippen molar-refractivity contribution in [1.29, 1.82) is 0 Å². The topological polar surface area (TPSA) is 54.0 Å². The van der Waals surface area contributed by atoms with E-state index in [1.165, 1.54) is 11.3 Å². The summed E-state index contributed by atoms with van der Waals surface area (Å²) in [5, 5.41) is 6.48. The number of hydrogen-bond donors (Lipinski definition) is 2. The maximum absolute atomic E-state index is 11.9. The summed E-state index contributed by atoms with van der Waals surface area (Å²) in [4.78, 5) is 17.2. The van der Waals surface area contributed by atoms with Gasteiger partial charge in [-0.15, -0.1) is 0 Å². The van der Waals surface area contributed by atoms with Crippen molar-refractivity contribution in [3.8, 4) is 10.4 Å². The van der Waals surface area contributed by atoms with Crippen molar-refractivity contribution < 1.29 is 4.79 Å². The molecule has 1 aromatic heterocycles. The van der Waals surface area contributed by atoms with Crippen molar-refractivity contribution in [2.24, 2.45) is 5.92 Å². The highest BCUT2D eigenvalue weighted by Gasteiger charge is 2.13. The quantitative estimate of drug-likeness (QED) is 0.882. The van der Waals surface area contributed by atoms with Gasteiger partial charge in [-0.2, -0.15) is 0 Å². The third-order valence-electron chi connectivity index (χ3n) is 2.75. The average molecular weight is 275 g/mol. The highest BCUT2D eigenvalue weighted by Crippen LogP contribution is 2.28. The van der Waals surface area contributed by atoms with Crippen LogP contribution >= 0.6 is 11.3 Å². The lowest BCUT2D eigenvalue weighted by atomic mass is 10.2. The van der Waals surface area contributed by atoms with E-state index in [1.54, 1.807) is 6.20 Å². The van der Waals surface area contributed by atoms with Gasteiger partial charge in [0.15, 0.2) is 5.13 Å². The Balaban J connectivity index is 2.04. The van der Waals surface area contributed by atoms with Crippen LogP contribution in [0.5, 0.6) is 0 Å². The Morgan fingerprint density at radius 1 is 1.37 bits per heavy atom. The average Bonchev–Trinajstić information content (AvgIpc) is 2.88.